The molecule has 11 heavy (non-hydrogen) atoms. The van der Waals surface area contributed by atoms with E-state index in [-0.39, 0.29) is 0 Å². The molecule has 0 aromatic carbocycles. The first kappa shape index (κ1) is 9.05. The largest absolute Gasteiger partial charge is 0.330 e. The van der Waals surface area contributed by atoms with Crippen molar-refractivity contribution in [1.82, 2.24) is 0 Å². The maximum atomic E-state index is 5.58. The molecule has 0 spiro atoms. The Hall–Kier alpha value is -0.0400. The smallest absolute Gasteiger partial charge is 0.00744 e. The Balaban J connectivity index is 2.45. The van der Waals surface area contributed by atoms with Crippen molar-refractivity contribution in [3.63, 3.8) is 0 Å². The van der Waals surface area contributed by atoms with Crippen LogP contribution in [0.25, 0.3) is 0 Å². The molecule has 1 fully saturated rings. The van der Waals surface area contributed by atoms with E-state index in [0.29, 0.717) is 5.41 Å². The Bertz CT molecular complexity index is 116. The van der Waals surface area contributed by atoms with E-state index in [1.165, 1.54) is 32.1 Å². The van der Waals surface area contributed by atoms with E-state index in [0.717, 1.165) is 12.5 Å². The van der Waals surface area contributed by atoms with Crippen molar-refractivity contribution in [3.05, 3.63) is 0 Å². The summed E-state index contributed by atoms with van der Waals surface area (Å²) in [5.74, 6) is 0.890. The average molecular weight is 155 g/mol. The molecule has 0 radical (unpaired) electrons. The van der Waals surface area contributed by atoms with Gasteiger partial charge in [-0.3, -0.25) is 0 Å². The van der Waals surface area contributed by atoms with Crippen molar-refractivity contribution in [1.29, 1.82) is 0 Å². The van der Waals surface area contributed by atoms with E-state index in [1.54, 1.807) is 0 Å². The monoisotopic (exact) mass is 155 g/mol. The lowest BCUT2D eigenvalue weighted by Gasteiger charge is -2.38. The Kier molecular flexibility index (Phi) is 2.94. The Morgan fingerprint density at radius 1 is 1.36 bits per heavy atom. The van der Waals surface area contributed by atoms with Crippen molar-refractivity contribution in [2.24, 2.45) is 17.1 Å². The third-order valence-electron chi connectivity index (χ3n) is 3.24. The van der Waals surface area contributed by atoms with E-state index in [2.05, 4.69) is 13.8 Å². The van der Waals surface area contributed by atoms with Crippen LogP contribution in [0.4, 0.5) is 0 Å². The van der Waals surface area contributed by atoms with E-state index >= 15 is 0 Å². The van der Waals surface area contributed by atoms with Crippen molar-refractivity contribution in [2.75, 3.05) is 6.54 Å². The molecule has 0 aromatic heterocycles. The topological polar surface area (TPSA) is 26.0 Å². The van der Waals surface area contributed by atoms with Crippen LogP contribution >= 0.6 is 0 Å². The molecule has 0 unspecified atom stereocenters. The standard InChI is InChI=1S/C10H21N/c1-10(2)7-4-3-5-9(10)6-8-11/h9H,3-8,11H2,1-2H3/t9-/m0/s1. The molecular weight excluding hydrogens is 134 g/mol. The van der Waals surface area contributed by atoms with Crippen LogP contribution in [0.2, 0.25) is 0 Å². The quantitative estimate of drug-likeness (QED) is 0.651. The van der Waals surface area contributed by atoms with Crippen molar-refractivity contribution in [3.8, 4) is 0 Å². The van der Waals surface area contributed by atoms with Crippen LogP contribution in [0.1, 0.15) is 46.0 Å². The highest BCUT2D eigenvalue weighted by molar-refractivity contribution is 4.82. The first-order chi connectivity index (χ1) is 5.17. The van der Waals surface area contributed by atoms with Crippen LogP contribution in [-0.4, -0.2) is 6.54 Å². The minimum absolute atomic E-state index is 0.567. The maximum Gasteiger partial charge on any atom is -0.00744 e. The zero-order valence-corrected chi connectivity index (χ0v) is 7.90. The average Bonchev–Trinajstić information content (AvgIpc) is 1.94. The van der Waals surface area contributed by atoms with Crippen molar-refractivity contribution >= 4 is 0 Å². The van der Waals surface area contributed by atoms with Crippen LogP contribution in [0, 0.1) is 11.3 Å². The number of hydrogen-bond acceptors (Lipinski definition) is 1. The SMILES string of the molecule is CC1(C)CCCC[C@H]1CCN. The van der Waals surface area contributed by atoms with Gasteiger partial charge in [-0.15, -0.1) is 0 Å². The minimum Gasteiger partial charge on any atom is -0.330 e. The summed E-state index contributed by atoms with van der Waals surface area (Å²) >= 11 is 0. The third kappa shape index (κ3) is 2.19. The molecule has 1 aliphatic carbocycles. The van der Waals surface area contributed by atoms with Gasteiger partial charge >= 0.3 is 0 Å². The zero-order chi connectivity index (χ0) is 8.32. The molecule has 0 bridgehead atoms. The fourth-order valence-electron chi connectivity index (χ4n) is 2.30. The molecule has 0 saturated heterocycles. The van der Waals surface area contributed by atoms with Gasteiger partial charge < -0.3 is 5.73 Å². The Morgan fingerprint density at radius 3 is 2.64 bits per heavy atom. The van der Waals surface area contributed by atoms with Gasteiger partial charge in [0.25, 0.3) is 0 Å². The van der Waals surface area contributed by atoms with Gasteiger partial charge in [0.05, 0.1) is 0 Å². The molecular formula is C10H21N. The molecule has 0 aromatic rings. The third-order valence-corrected chi connectivity index (χ3v) is 3.24. The summed E-state index contributed by atoms with van der Waals surface area (Å²) in [6.07, 6.45) is 6.89. The summed E-state index contributed by atoms with van der Waals surface area (Å²) in [6.45, 7) is 5.66. The van der Waals surface area contributed by atoms with Gasteiger partial charge in [0.15, 0.2) is 0 Å². The van der Waals surface area contributed by atoms with Crippen LogP contribution in [0.3, 0.4) is 0 Å². The lowest BCUT2D eigenvalue weighted by molar-refractivity contribution is 0.131. The second-order valence-corrected chi connectivity index (χ2v) is 4.51. The second kappa shape index (κ2) is 3.57. The highest BCUT2D eigenvalue weighted by atomic mass is 14.5. The van der Waals surface area contributed by atoms with Crippen LogP contribution in [0.5, 0.6) is 0 Å². The summed E-state index contributed by atoms with van der Waals surface area (Å²) in [5, 5.41) is 0. The summed E-state index contributed by atoms with van der Waals surface area (Å²) < 4.78 is 0. The molecule has 1 atom stereocenters. The van der Waals surface area contributed by atoms with Gasteiger partial charge in [0, 0.05) is 0 Å². The predicted octanol–water partition coefficient (Wildman–Crippen LogP) is 2.55. The highest BCUT2D eigenvalue weighted by Gasteiger charge is 2.30. The van der Waals surface area contributed by atoms with Gasteiger partial charge in [0.1, 0.15) is 0 Å². The first-order valence-corrected chi connectivity index (χ1v) is 4.87. The van der Waals surface area contributed by atoms with Crippen molar-refractivity contribution < 1.29 is 0 Å². The van der Waals surface area contributed by atoms with Gasteiger partial charge in [0.2, 0.25) is 0 Å². The predicted molar refractivity (Wildman–Crippen MR) is 49.4 cm³/mol. The lowest BCUT2D eigenvalue weighted by atomic mass is 9.68. The number of hydrogen-bond donors (Lipinski definition) is 1. The summed E-state index contributed by atoms with van der Waals surface area (Å²) in [5.41, 5.74) is 6.15. The first-order valence-electron chi connectivity index (χ1n) is 4.87. The molecule has 1 saturated carbocycles. The maximum absolute atomic E-state index is 5.58. The van der Waals surface area contributed by atoms with Crippen molar-refractivity contribution in [2.45, 2.75) is 46.0 Å². The van der Waals surface area contributed by atoms with E-state index in [9.17, 15) is 0 Å². The van der Waals surface area contributed by atoms with Crippen LogP contribution in [-0.2, 0) is 0 Å². The fourth-order valence-corrected chi connectivity index (χ4v) is 2.30. The lowest BCUT2D eigenvalue weighted by Crippen LogP contribution is -2.29. The zero-order valence-electron chi connectivity index (χ0n) is 7.90. The molecule has 1 nitrogen and oxygen atoms in total. The van der Waals surface area contributed by atoms with Gasteiger partial charge in [-0.1, -0.05) is 26.7 Å². The Labute approximate surface area is 70.4 Å². The second-order valence-electron chi connectivity index (χ2n) is 4.51. The molecule has 2 N–H and O–H groups in total. The van der Waals surface area contributed by atoms with E-state index < -0.39 is 0 Å². The molecule has 0 amide bonds. The number of nitrogens with two attached hydrogens (primary N) is 1. The fraction of sp³-hybridized carbons (Fsp3) is 1.00. The minimum atomic E-state index is 0.567. The molecule has 1 aliphatic rings. The normalized spacial score (nSPS) is 30.3. The molecule has 0 heterocycles. The highest BCUT2D eigenvalue weighted by Crippen LogP contribution is 2.41. The van der Waals surface area contributed by atoms with E-state index in [4.69, 9.17) is 5.73 Å². The van der Waals surface area contributed by atoms with E-state index in [1.807, 2.05) is 0 Å². The summed E-state index contributed by atoms with van der Waals surface area (Å²) in [4.78, 5) is 0. The molecule has 0 aliphatic heterocycles. The Morgan fingerprint density at radius 2 is 2.09 bits per heavy atom. The van der Waals surface area contributed by atoms with Gasteiger partial charge in [-0.05, 0) is 37.1 Å². The number of rotatable bonds is 2. The molecule has 1 heteroatoms. The van der Waals surface area contributed by atoms with Gasteiger partial charge in [-0.2, -0.15) is 0 Å². The summed E-state index contributed by atoms with van der Waals surface area (Å²) in [7, 11) is 0. The van der Waals surface area contributed by atoms with Crippen LogP contribution in [0.15, 0.2) is 0 Å². The molecule has 66 valence electrons. The van der Waals surface area contributed by atoms with Gasteiger partial charge in [-0.25, -0.2) is 0 Å². The van der Waals surface area contributed by atoms with Crippen LogP contribution < -0.4 is 5.73 Å². The summed E-state index contributed by atoms with van der Waals surface area (Å²) in [6, 6.07) is 0. The molecule has 1 rings (SSSR count).